The highest BCUT2D eigenvalue weighted by Crippen LogP contribution is 2.33. The molecule has 2 aliphatic rings. The lowest BCUT2D eigenvalue weighted by atomic mass is 9.96. The molecule has 1 aliphatic carbocycles. The molecule has 5 heteroatoms. The largest absolute Gasteiger partial charge is 0.351 e. The van der Waals surface area contributed by atoms with Crippen LogP contribution in [0.4, 0.5) is 0 Å². The summed E-state index contributed by atoms with van der Waals surface area (Å²) in [6.45, 7) is 2.38. The fourth-order valence-electron chi connectivity index (χ4n) is 3.62. The summed E-state index contributed by atoms with van der Waals surface area (Å²) in [5.74, 6) is 0.0688. The molecule has 1 N–H and O–H groups in total. The van der Waals surface area contributed by atoms with Crippen LogP contribution in [-0.4, -0.2) is 28.3 Å². The summed E-state index contributed by atoms with van der Waals surface area (Å²) in [7, 11) is 0. The summed E-state index contributed by atoms with van der Waals surface area (Å²) in [4.78, 5) is 26.9. The second kappa shape index (κ2) is 6.63. The van der Waals surface area contributed by atoms with Gasteiger partial charge in [-0.15, -0.1) is 0 Å². The van der Waals surface area contributed by atoms with E-state index in [9.17, 15) is 9.59 Å². The number of rotatable bonds is 4. The first-order valence-corrected chi connectivity index (χ1v) is 9.14. The molecule has 1 saturated heterocycles. The Morgan fingerprint density at radius 3 is 2.83 bits per heavy atom. The van der Waals surface area contributed by atoms with Crippen LogP contribution in [0.2, 0.25) is 0 Å². The molecule has 4 nitrogen and oxygen atoms in total. The maximum absolute atomic E-state index is 12.8. The van der Waals surface area contributed by atoms with Crippen LogP contribution in [0.5, 0.6) is 0 Å². The first-order valence-electron chi connectivity index (χ1n) is 8.35. The summed E-state index contributed by atoms with van der Waals surface area (Å²) in [5.41, 5.74) is 0.302. The number of halogens is 1. The Morgan fingerprint density at radius 2 is 2.13 bits per heavy atom. The third kappa shape index (κ3) is 3.44. The van der Waals surface area contributed by atoms with Gasteiger partial charge in [0.1, 0.15) is 5.54 Å². The normalized spacial score (nSPS) is 25.1. The molecule has 1 aromatic carbocycles. The standard InChI is InChI=1S/C18H23BrN2O2/c1-18(17(23)20-15-7-2-3-8-15)10-9-16(22)21(18)12-13-5-4-6-14(19)11-13/h4-6,11,15H,2-3,7-10,12H2,1H3,(H,20,23)/t18-/m0/s1. The molecule has 0 unspecified atom stereocenters. The highest BCUT2D eigenvalue weighted by atomic mass is 79.9. The van der Waals surface area contributed by atoms with E-state index in [1.165, 1.54) is 12.8 Å². The van der Waals surface area contributed by atoms with E-state index in [0.29, 0.717) is 19.4 Å². The fourth-order valence-corrected chi connectivity index (χ4v) is 4.07. The van der Waals surface area contributed by atoms with Crippen molar-refractivity contribution in [1.29, 1.82) is 0 Å². The van der Waals surface area contributed by atoms with E-state index < -0.39 is 5.54 Å². The molecule has 124 valence electrons. The van der Waals surface area contributed by atoms with Gasteiger partial charge in [0.25, 0.3) is 0 Å². The highest BCUT2D eigenvalue weighted by Gasteiger charge is 2.47. The number of nitrogens with zero attached hydrogens (tertiary/aromatic N) is 1. The zero-order chi connectivity index (χ0) is 16.4. The smallest absolute Gasteiger partial charge is 0.245 e. The van der Waals surface area contributed by atoms with Gasteiger partial charge in [-0.05, 0) is 43.9 Å². The lowest BCUT2D eigenvalue weighted by molar-refractivity contribution is -0.141. The summed E-state index contributed by atoms with van der Waals surface area (Å²) >= 11 is 3.46. The molecule has 0 radical (unpaired) electrons. The van der Waals surface area contributed by atoms with Crippen LogP contribution in [0.3, 0.4) is 0 Å². The van der Waals surface area contributed by atoms with E-state index >= 15 is 0 Å². The zero-order valence-corrected chi connectivity index (χ0v) is 15.1. The maximum Gasteiger partial charge on any atom is 0.245 e. The minimum atomic E-state index is -0.734. The van der Waals surface area contributed by atoms with Crippen LogP contribution in [-0.2, 0) is 16.1 Å². The quantitative estimate of drug-likeness (QED) is 0.872. The molecule has 23 heavy (non-hydrogen) atoms. The van der Waals surface area contributed by atoms with Crippen molar-refractivity contribution in [1.82, 2.24) is 10.2 Å². The molecule has 1 heterocycles. The number of hydrogen-bond donors (Lipinski definition) is 1. The van der Waals surface area contributed by atoms with Gasteiger partial charge in [-0.2, -0.15) is 0 Å². The molecule has 2 amide bonds. The zero-order valence-electron chi connectivity index (χ0n) is 13.5. The van der Waals surface area contributed by atoms with Crippen molar-refractivity contribution in [2.24, 2.45) is 0 Å². The van der Waals surface area contributed by atoms with Gasteiger partial charge in [0.2, 0.25) is 11.8 Å². The maximum atomic E-state index is 12.8. The van der Waals surface area contributed by atoms with Gasteiger partial charge >= 0.3 is 0 Å². The molecular formula is C18H23BrN2O2. The fraction of sp³-hybridized carbons (Fsp3) is 0.556. The van der Waals surface area contributed by atoms with Gasteiger partial charge in [0, 0.05) is 23.5 Å². The van der Waals surface area contributed by atoms with Gasteiger partial charge in [-0.25, -0.2) is 0 Å². The summed E-state index contributed by atoms with van der Waals surface area (Å²) in [6.07, 6.45) is 5.52. The predicted octanol–water partition coefficient (Wildman–Crippen LogP) is 3.39. The third-order valence-electron chi connectivity index (χ3n) is 5.13. The predicted molar refractivity (Wildman–Crippen MR) is 92.7 cm³/mol. The molecule has 3 rings (SSSR count). The van der Waals surface area contributed by atoms with Crippen LogP contribution in [0.25, 0.3) is 0 Å². The molecule has 1 aliphatic heterocycles. The van der Waals surface area contributed by atoms with Crippen molar-refractivity contribution >= 4 is 27.7 Å². The number of carbonyl (C=O) groups excluding carboxylic acids is 2. The van der Waals surface area contributed by atoms with Gasteiger partial charge in [0.15, 0.2) is 0 Å². The van der Waals surface area contributed by atoms with E-state index in [4.69, 9.17) is 0 Å². The Hall–Kier alpha value is -1.36. The van der Waals surface area contributed by atoms with Crippen molar-refractivity contribution in [3.05, 3.63) is 34.3 Å². The number of benzene rings is 1. The van der Waals surface area contributed by atoms with E-state index in [1.807, 2.05) is 31.2 Å². The topological polar surface area (TPSA) is 49.4 Å². The second-order valence-corrected chi connectivity index (χ2v) is 7.75. The molecule has 1 atom stereocenters. The molecule has 1 aromatic rings. The van der Waals surface area contributed by atoms with Gasteiger partial charge in [0.05, 0.1) is 0 Å². The van der Waals surface area contributed by atoms with Gasteiger partial charge in [-0.3, -0.25) is 9.59 Å². The van der Waals surface area contributed by atoms with Gasteiger partial charge < -0.3 is 10.2 Å². The summed E-state index contributed by atoms with van der Waals surface area (Å²) < 4.78 is 0.985. The van der Waals surface area contributed by atoms with E-state index in [-0.39, 0.29) is 17.9 Å². The van der Waals surface area contributed by atoms with E-state index in [2.05, 4.69) is 21.2 Å². The third-order valence-corrected chi connectivity index (χ3v) is 5.62. The number of nitrogens with one attached hydrogen (secondary N) is 1. The van der Waals surface area contributed by atoms with Crippen molar-refractivity contribution in [3.63, 3.8) is 0 Å². The van der Waals surface area contributed by atoms with Crippen LogP contribution in [0.15, 0.2) is 28.7 Å². The minimum absolute atomic E-state index is 0.00486. The first-order chi connectivity index (χ1) is 11.0. The van der Waals surface area contributed by atoms with Crippen molar-refractivity contribution < 1.29 is 9.59 Å². The monoisotopic (exact) mass is 378 g/mol. The molecule has 1 saturated carbocycles. The van der Waals surface area contributed by atoms with Crippen LogP contribution >= 0.6 is 15.9 Å². The summed E-state index contributed by atoms with van der Waals surface area (Å²) in [6, 6.07) is 8.19. The van der Waals surface area contributed by atoms with E-state index in [1.54, 1.807) is 4.90 Å². The van der Waals surface area contributed by atoms with Crippen LogP contribution in [0, 0.1) is 0 Å². The molecule has 0 aromatic heterocycles. The number of hydrogen-bond acceptors (Lipinski definition) is 2. The van der Waals surface area contributed by atoms with Crippen LogP contribution < -0.4 is 5.32 Å². The van der Waals surface area contributed by atoms with Crippen molar-refractivity contribution in [2.45, 2.75) is 63.6 Å². The Labute approximate surface area is 145 Å². The lowest BCUT2D eigenvalue weighted by Crippen LogP contribution is -2.55. The Balaban J connectivity index is 1.76. The number of amides is 2. The van der Waals surface area contributed by atoms with Crippen LogP contribution in [0.1, 0.15) is 51.0 Å². The average molecular weight is 379 g/mol. The molecule has 2 fully saturated rings. The van der Waals surface area contributed by atoms with Crippen molar-refractivity contribution in [3.8, 4) is 0 Å². The van der Waals surface area contributed by atoms with Crippen molar-refractivity contribution in [2.75, 3.05) is 0 Å². The second-order valence-electron chi connectivity index (χ2n) is 6.84. The minimum Gasteiger partial charge on any atom is -0.351 e. The highest BCUT2D eigenvalue weighted by molar-refractivity contribution is 9.10. The van der Waals surface area contributed by atoms with Gasteiger partial charge in [-0.1, -0.05) is 40.9 Å². The molecule has 0 spiro atoms. The Morgan fingerprint density at radius 1 is 1.39 bits per heavy atom. The number of carbonyl (C=O) groups is 2. The SMILES string of the molecule is C[C@@]1(C(=O)NC2CCCC2)CCC(=O)N1Cc1cccc(Br)c1. The lowest BCUT2D eigenvalue weighted by Gasteiger charge is -2.35. The Bertz CT molecular complexity index is 613. The molecular weight excluding hydrogens is 356 g/mol. The first kappa shape index (κ1) is 16.5. The van der Waals surface area contributed by atoms with E-state index in [0.717, 1.165) is 22.9 Å². The summed E-state index contributed by atoms with van der Waals surface area (Å²) in [5, 5.41) is 3.17. The Kier molecular flexibility index (Phi) is 4.76. The average Bonchev–Trinajstić information content (AvgIpc) is 3.12. The molecule has 0 bridgehead atoms. The number of likely N-dealkylation sites (tertiary alicyclic amines) is 1.